The van der Waals surface area contributed by atoms with E-state index in [1.165, 1.54) is 38.5 Å². The molecular formula is C11H21NOS. The van der Waals surface area contributed by atoms with E-state index in [0.29, 0.717) is 5.25 Å². The molecule has 1 saturated heterocycles. The number of hydrogen-bond donors (Lipinski definition) is 1. The second-order valence-electron chi connectivity index (χ2n) is 4.67. The van der Waals surface area contributed by atoms with Crippen LogP contribution in [0.1, 0.15) is 38.5 Å². The van der Waals surface area contributed by atoms with Crippen LogP contribution in [0, 0.1) is 5.92 Å². The molecule has 0 radical (unpaired) electrons. The zero-order chi connectivity index (χ0) is 9.80. The van der Waals surface area contributed by atoms with E-state index in [-0.39, 0.29) is 0 Å². The van der Waals surface area contributed by atoms with Gasteiger partial charge in [0.15, 0.2) is 0 Å². The van der Waals surface area contributed by atoms with Gasteiger partial charge in [-0.25, -0.2) is 0 Å². The first-order valence-electron chi connectivity index (χ1n) is 5.94. The molecule has 0 aromatic rings. The summed E-state index contributed by atoms with van der Waals surface area (Å²) >= 11 is 0. The van der Waals surface area contributed by atoms with E-state index in [9.17, 15) is 4.21 Å². The molecule has 1 aliphatic carbocycles. The van der Waals surface area contributed by atoms with Gasteiger partial charge in [-0.1, -0.05) is 12.8 Å². The lowest BCUT2D eigenvalue weighted by Gasteiger charge is -2.23. The monoisotopic (exact) mass is 215 g/mol. The molecule has 1 N–H and O–H groups in total. The Labute approximate surface area is 89.3 Å². The number of hydrogen-bond acceptors (Lipinski definition) is 2. The minimum Gasteiger partial charge on any atom is -0.316 e. The Balaban J connectivity index is 1.75. The van der Waals surface area contributed by atoms with Crippen molar-refractivity contribution >= 4 is 10.8 Å². The van der Waals surface area contributed by atoms with Gasteiger partial charge in [-0.05, 0) is 38.1 Å². The molecule has 2 atom stereocenters. The summed E-state index contributed by atoms with van der Waals surface area (Å²) in [6, 6.07) is 0. The minimum absolute atomic E-state index is 0.448. The van der Waals surface area contributed by atoms with Crippen LogP contribution in [0.25, 0.3) is 0 Å². The van der Waals surface area contributed by atoms with E-state index in [1.807, 2.05) is 0 Å². The van der Waals surface area contributed by atoms with E-state index < -0.39 is 10.8 Å². The molecule has 1 heterocycles. The maximum atomic E-state index is 12.0. The summed E-state index contributed by atoms with van der Waals surface area (Å²) < 4.78 is 12.0. The summed E-state index contributed by atoms with van der Waals surface area (Å²) in [7, 11) is -0.559. The van der Waals surface area contributed by atoms with Crippen LogP contribution < -0.4 is 5.32 Å². The number of nitrogens with one attached hydrogen (secondary N) is 1. The Kier molecular flexibility index (Phi) is 3.99. The van der Waals surface area contributed by atoms with Crippen LogP contribution in [-0.2, 0) is 10.8 Å². The molecule has 82 valence electrons. The summed E-state index contributed by atoms with van der Waals surface area (Å²) in [5, 5.41) is 3.80. The van der Waals surface area contributed by atoms with Gasteiger partial charge in [0, 0.05) is 28.3 Å². The third-order valence-electron chi connectivity index (χ3n) is 3.50. The van der Waals surface area contributed by atoms with Crippen molar-refractivity contribution in [3.8, 4) is 0 Å². The molecule has 3 heteroatoms. The van der Waals surface area contributed by atoms with E-state index in [1.54, 1.807) is 0 Å². The highest BCUT2D eigenvalue weighted by atomic mass is 32.2. The quantitative estimate of drug-likeness (QED) is 0.776. The smallest absolute Gasteiger partial charge is 0.0473 e. The first kappa shape index (κ1) is 10.6. The fourth-order valence-electron chi connectivity index (χ4n) is 2.59. The Bertz CT molecular complexity index is 195. The lowest BCUT2D eigenvalue weighted by Crippen LogP contribution is -2.37. The highest BCUT2D eigenvalue weighted by Gasteiger charge is 2.24. The average Bonchev–Trinajstić information content (AvgIpc) is 2.72. The minimum atomic E-state index is -0.559. The molecule has 14 heavy (non-hydrogen) atoms. The Hall–Kier alpha value is 0.110. The molecule has 2 aliphatic rings. The zero-order valence-electron chi connectivity index (χ0n) is 8.84. The summed E-state index contributed by atoms with van der Waals surface area (Å²) in [5.41, 5.74) is 0. The van der Waals surface area contributed by atoms with Crippen molar-refractivity contribution in [2.24, 2.45) is 5.92 Å². The first-order valence-corrected chi connectivity index (χ1v) is 7.32. The lowest BCUT2D eigenvalue weighted by molar-refractivity contribution is 0.514. The van der Waals surface area contributed by atoms with Gasteiger partial charge in [0.2, 0.25) is 0 Å². The normalized spacial score (nSPS) is 31.9. The Morgan fingerprint density at radius 2 is 1.93 bits per heavy atom. The van der Waals surface area contributed by atoms with Crippen molar-refractivity contribution in [2.45, 2.75) is 43.8 Å². The van der Waals surface area contributed by atoms with Gasteiger partial charge in [0.25, 0.3) is 0 Å². The van der Waals surface area contributed by atoms with Gasteiger partial charge in [0.1, 0.15) is 0 Å². The van der Waals surface area contributed by atoms with Crippen LogP contribution in [0.5, 0.6) is 0 Å². The molecule has 0 aromatic carbocycles. The van der Waals surface area contributed by atoms with Crippen molar-refractivity contribution in [2.75, 3.05) is 18.8 Å². The van der Waals surface area contributed by atoms with Crippen LogP contribution in [-0.4, -0.2) is 28.3 Å². The van der Waals surface area contributed by atoms with Gasteiger partial charge in [-0.2, -0.15) is 0 Å². The Morgan fingerprint density at radius 3 is 2.57 bits per heavy atom. The maximum absolute atomic E-state index is 12.0. The van der Waals surface area contributed by atoms with Crippen LogP contribution in [0.3, 0.4) is 0 Å². The predicted molar refractivity (Wildman–Crippen MR) is 60.9 cm³/mol. The molecule has 0 bridgehead atoms. The summed E-state index contributed by atoms with van der Waals surface area (Å²) in [4.78, 5) is 0. The van der Waals surface area contributed by atoms with Gasteiger partial charge < -0.3 is 5.32 Å². The molecule has 2 rings (SSSR count). The summed E-state index contributed by atoms with van der Waals surface area (Å²) in [6.07, 6.45) is 7.76. The van der Waals surface area contributed by atoms with Crippen LogP contribution in [0.15, 0.2) is 0 Å². The molecule has 0 aromatic heterocycles. The SMILES string of the molecule is O=S(CC1CCCC1)C1CCCNC1. The highest BCUT2D eigenvalue weighted by molar-refractivity contribution is 7.85. The summed E-state index contributed by atoms with van der Waals surface area (Å²) in [6.45, 7) is 2.11. The molecule has 2 fully saturated rings. The van der Waals surface area contributed by atoms with Gasteiger partial charge >= 0.3 is 0 Å². The van der Waals surface area contributed by atoms with Crippen LogP contribution in [0.2, 0.25) is 0 Å². The third kappa shape index (κ3) is 2.80. The van der Waals surface area contributed by atoms with Crippen molar-refractivity contribution in [3.63, 3.8) is 0 Å². The molecule has 1 aliphatic heterocycles. The van der Waals surface area contributed by atoms with Crippen LogP contribution >= 0.6 is 0 Å². The van der Waals surface area contributed by atoms with Crippen LogP contribution in [0.4, 0.5) is 0 Å². The maximum Gasteiger partial charge on any atom is 0.0473 e. The molecule has 1 saturated carbocycles. The van der Waals surface area contributed by atoms with Crippen molar-refractivity contribution in [1.29, 1.82) is 0 Å². The second kappa shape index (κ2) is 5.26. The van der Waals surface area contributed by atoms with Gasteiger partial charge in [-0.3, -0.25) is 4.21 Å². The summed E-state index contributed by atoms with van der Waals surface area (Å²) in [5.74, 6) is 1.75. The van der Waals surface area contributed by atoms with E-state index in [4.69, 9.17) is 0 Å². The fraction of sp³-hybridized carbons (Fsp3) is 1.00. The second-order valence-corrected chi connectivity index (χ2v) is 6.43. The molecule has 2 nitrogen and oxygen atoms in total. The fourth-order valence-corrected chi connectivity index (χ4v) is 4.39. The van der Waals surface area contributed by atoms with Crippen molar-refractivity contribution in [3.05, 3.63) is 0 Å². The average molecular weight is 215 g/mol. The molecule has 2 unspecified atom stereocenters. The zero-order valence-corrected chi connectivity index (χ0v) is 9.65. The van der Waals surface area contributed by atoms with E-state index >= 15 is 0 Å². The third-order valence-corrected chi connectivity index (χ3v) is 5.44. The van der Waals surface area contributed by atoms with Crippen molar-refractivity contribution in [1.82, 2.24) is 5.32 Å². The molecule has 0 amide bonds. The van der Waals surface area contributed by atoms with Gasteiger partial charge in [-0.15, -0.1) is 0 Å². The molecule has 0 spiro atoms. The molecular weight excluding hydrogens is 194 g/mol. The standard InChI is InChI=1S/C11H21NOS/c13-14(9-10-4-1-2-5-10)11-6-3-7-12-8-11/h10-12H,1-9H2. The van der Waals surface area contributed by atoms with Crippen molar-refractivity contribution < 1.29 is 4.21 Å². The topological polar surface area (TPSA) is 29.1 Å². The predicted octanol–water partition coefficient (Wildman–Crippen LogP) is 1.68. The first-order chi connectivity index (χ1) is 6.86. The number of rotatable bonds is 3. The Morgan fingerprint density at radius 1 is 1.14 bits per heavy atom. The van der Waals surface area contributed by atoms with E-state index in [0.717, 1.165) is 24.8 Å². The van der Waals surface area contributed by atoms with Gasteiger partial charge in [0.05, 0.1) is 0 Å². The largest absolute Gasteiger partial charge is 0.316 e. The lowest BCUT2D eigenvalue weighted by atomic mass is 10.1. The highest BCUT2D eigenvalue weighted by Crippen LogP contribution is 2.26. The number of piperidine rings is 1. The van der Waals surface area contributed by atoms with E-state index in [2.05, 4.69) is 5.32 Å².